The minimum atomic E-state index is -0.302. The molecule has 0 unspecified atom stereocenters. The standard InChI is InChI=1S/C18H15ClN6O2/c1-20-18-22-10-13(17(26)21-9-11-4-6-12(19)7-5-11)16-23-15(24-25(16)18)14-3-2-8-27-14/h2-8,10H,9H2,1H3,(H,20,22)(H,21,26). The highest BCUT2D eigenvalue weighted by molar-refractivity contribution is 6.30. The fourth-order valence-corrected chi connectivity index (χ4v) is 2.72. The molecule has 4 aromatic rings. The maximum absolute atomic E-state index is 12.7. The average Bonchev–Trinajstić information content (AvgIpc) is 3.36. The molecule has 3 heterocycles. The van der Waals surface area contributed by atoms with Gasteiger partial charge in [-0.3, -0.25) is 4.79 Å². The smallest absolute Gasteiger partial charge is 0.256 e. The van der Waals surface area contributed by atoms with E-state index >= 15 is 0 Å². The van der Waals surface area contributed by atoms with E-state index < -0.39 is 0 Å². The highest BCUT2D eigenvalue weighted by atomic mass is 35.5. The molecule has 0 aliphatic heterocycles. The van der Waals surface area contributed by atoms with Gasteiger partial charge in [-0.15, -0.1) is 5.10 Å². The second-order valence-electron chi connectivity index (χ2n) is 5.70. The molecule has 1 amide bonds. The van der Waals surface area contributed by atoms with Gasteiger partial charge >= 0.3 is 0 Å². The zero-order chi connectivity index (χ0) is 18.8. The van der Waals surface area contributed by atoms with Gasteiger partial charge in [-0.2, -0.15) is 4.52 Å². The number of nitrogens with one attached hydrogen (secondary N) is 2. The molecule has 1 aromatic carbocycles. The normalized spacial score (nSPS) is 10.9. The van der Waals surface area contributed by atoms with Crippen molar-refractivity contribution in [3.63, 3.8) is 0 Å². The van der Waals surface area contributed by atoms with Crippen LogP contribution in [0.1, 0.15) is 15.9 Å². The summed E-state index contributed by atoms with van der Waals surface area (Å²) in [6.07, 6.45) is 3.01. The largest absolute Gasteiger partial charge is 0.461 e. The quantitative estimate of drug-likeness (QED) is 0.550. The molecule has 4 rings (SSSR count). The molecule has 9 heteroatoms. The Hall–Kier alpha value is -3.39. The van der Waals surface area contributed by atoms with E-state index in [0.29, 0.717) is 40.3 Å². The van der Waals surface area contributed by atoms with Gasteiger partial charge in [-0.05, 0) is 29.8 Å². The number of furan rings is 1. The molecular weight excluding hydrogens is 368 g/mol. The van der Waals surface area contributed by atoms with Crippen molar-refractivity contribution in [3.8, 4) is 11.6 Å². The number of carbonyl (C=O) groups excluding carboxylic acids is 1. The molecule has 0 radical (unpaired) electrons. The summed E-state index contributed by atoms with van der Waals surface area (Å²) in [4.78, 5) is 21.4. The maximum atomic E-state index is 12.7. The van der Waals surface area contributed by atoms with Gasteiger partial charge in [0.05, 0.1) is 6.26 Å². The summed E-state index contributed by atoms with van der Waals surface area (Å²) >= 11 is 5.88. The van der Waals surface area contributed by atoms with E-state index in [0.717, 1.165) is 5.56 Å². The Morgan fingerprint density at radius 3 is 2.78 bits per heavy atom. The molecule has 0 bridgehead atoms. The van der Waals surface area contributed by atoms with Crippen LogP contribution in [0.5, 0.6) is 0 Å². The van der Waals surface area contributed by atoms with Crippen LogP contribution in [0.4, 0.5) is 5.95 Å². The van der Waals surface area contributed by atoms with Gasteiger partial charge in [0.15, 0.2) is 11.4 Å². The summed E-state index contributed by atoms with van der Waals surface area (Å²) in [5, 5.41) is 10.8. The minimum Gasteiger partial charge on any atom is -0.461 e. The van der Waals surface area contributed by atoms with Gasteiger partial charge in [-0.25, -0.2) is 9.97 Å². The van der Waals surface area contributed by atoms with Crippen LogP contribution < -0.4 is 10.6 Å². The monoisotopic (exact) mass is 382 g/mol. The lowest BCUT2D eigenvalue weighted by atomic mass is 10.2. The molecule has 0 spiro atoms. The van der Waals surface area contributed by atoms with E-state index in [1.54, 1.807) is 31.3 Å². The number of amides is 1. The third-order valence-electron chi connectivity index (χ3n) is 3.94. The van der Waals surface area contributed by atoms with Crippen molar-refractivity contribution in [3.05, 3.63) is 65.0 Å². The van der Waals surface area contributed by atoms with Gasteiger partial charge in [0.25, 0.3) is 5.91 Å². The number of carbonyl (C=O) groups is 1. The summed E-state index contributed by atoms with van der Waals surface area (Å²) in [7, 11) is 1.72. The highest BCUT2D eigenvalue weighted by Crippen LogP contribution is 2.20. The number of fused-ring (bicyclic) bond motifs is 1. The van der Waals surface area contributed by atoms with E-state index in [1.807, 2.05) is 12.1 Å². The molecule has 8 nitrogen and oxygen atoms in total. The molecule has 0 atom stereocenters. The number of rotatable bonds is 5. The lowest BCUT2D eigenvalue weighted by Crippen LogP contribution is -2.24. The molecule has 0 aliphatic carbocycles. The van der Waals surface area contributed by atoms with Crippen LogP contribution in [0.2, 0.25) is 5.02 Å². The fraction of sp³-hybridized carbons (Fsp3) is 0.111. The average molecular weight is 383 g/mol. The van der Waals surface area contributed by atoms with Crippen molar-refractivity contribution >= 4 is 29.1 Å². The minimum absolute atomic E-state index is 0.302. The first-order valence-corrected chi connectivity index (χ1v) is 8.53. The molecule has 136 valence electrons. The summed E-state index contributed by atoms with van der Waals surface area (Å²) in [6, 6.07) is 10.8. The van der Waals surface area contributed by atoms with Gasteiger partial charge < -0.3 is 15.1 Å². The number of hydrogen-bond donors (Lipinski definition) is 2. The second-order valence-corrected chi connectivity index (χ2v) is 6.14. The van der Waals surface area contributed by atoms with Crippen molar-refractivity contribution in [2.24, 2.45) is 0 Å². The molecule has 3 aromatic heterocycles. The third-order valence-corrected chi connectivity index (χ3v) is 4.19. The number of benzene rings is 1. The number of hydrogen-bond acceptors (Lipinski definition) is 6. The number of aromatic nitrogens is 4. The molecular formula is C18H15ClN6O2. The van der Waals surface area contributed by atoms with Crippen LogP contribution in [0.3, 0.4) is 0 Å². The topological polar surface area (TPSA) is 97.3 Å². The number of nitrogens with zero attached hydrogens (tertiary/aromatic N) is 4. The number of halogens is 1. The number of anilines is 1. The van der Waals surface area contributed by atoms with E-state index in [-0.39, 0.29) is 5.91 Å². The van der Waals surface area contributed by atoms with E-state index in [4.69, 9.17) is 16.0 Å². The Bertz CT molecular complexity index is 1090. The van der Waals surface area contributed by atoms with Gasteiger partial charge in [0, 0.05) is 24.8 Å². The van der Waals surface area contributed by atoms with Crippen molar-refractivity contribution in [2.75, 3.05) is 12.4 Å². The van der Waals surface area contributed by atoms with E-state index in [1.165, 1.54) is 17.0 Å². The van der Waals surface area contributed by atoms with E-state index in [2.05, 4.69) is 25.7 Å². The summed E-state index contributed by atoms with van der Waals surface area (Å²) in [6.45, 7) is 0.356. The Labute approximate surface area is 159 Å². The van der Waals surface area contributed by atoms with Crippen molar-refractivity contribution < 1.29 is 9.21 Å². The Morgan fingerprint density at radius 1 is 1.26 bits per heavy atom. The van der Waals surface area contributed by atoms with Crippen LogP contribution in [0, 0.1) is 0 Å². The Morgan fingerprint density at radius 2 is 2.07 bits per heavy atom. The van der Waals surface area contributed by atoms with Gasteiger partial charge in [0.1, 0.15) is 5.56 Å². The first-order valence-electron chi connectivity index (χ1n) is 8.16. The predicted octanol–water partition coefficient (Wildman–Crippen LogP) is 3.01. The molecule has 0 aliphatic rings. The van der Waals surface area contributed by atoms with Crippen LogP contribution >= 0.6 is 11.6 Å². The summed E-state index contributed by atoms with van der Waals surface area (Å²) < 4.78 is 6.83. The zero-order valence-electron chi connectivity index (χ0n) is 14.3. The molecule has 0 saturated heterocycles. The summed E-state index contributed by atoms with van der Waals surface area (Å²) in [5.41, 5.74) is 1.63. The summed E-state index contributed by atoms with van der Waals surface area (Å²) in [5.74, 6) is 1.04. The second kappa shape index (κ2) is 7.08. The van der Waals surface area contributed by atoms with E-state index in [9.17, 15) is 4.79 Å². The first-order chi connectivity index (χ1) is 13.2. The predicted molar refractivity (Wildman–Crippen MR) is 101 cm³/mol. The lowest BCUT2D eigenvalue weighted by Gasteiger charge is -2.08. The Balaban J connectivity index is 1.66. The Kier molecular flexibility index (Phi) is 4.47. The highest BCUT2D eigenvalue weighted by Gasteiger charge is 2.19. The van der Waals surface area contributed by atoms with Gasteiger partial charge in [0.2, 0.25) is 11.8 Å². The van der Waals surface area contributed by atoms with Crippen LogP contribution in [-0.2, 0) is 6.54 Å². The molecule has 2 N–H and O–H groups in total. The van der Waals surface area contributed by atoms with Crippen LogP contribution in [0.15, 0.2) is 53.3 Å². The zero-order valence-corrected chi connectivity index (χ0v) is 15.1. The maximum Gasteiger partial charge on any atom is 0.256 e. The SMILES string of the molecule is CNc1ncc(C(=O)NCc2ccc(Cl)cc2)c2nc(-c3ccco3)nn12. The molecule has 0 saturated carbocycles. The fourth-order valence-electron chi connectivity index (χ4n) is 2.59. The van der Waals surface area contributed by atoms with Crippen LogP contribution in [-0.4, -0.2) is 32.5 Å². The third kappa shape index (κ3) is 3.34. The lowest BCUT2D eigenvalue weighted by molar-refractivity contribution is 0.0951. The first kappa shape index (κ1) is 17.0. The van der Waals surface area contributed by atoms with Crippen molar-refractivity contribution in [1.29, 1.82) is 0 Å². The molecule has 27 heavy (non-hydrogen) atoms. The van der Waals surface area contributed by atoms with Crippen molar-refractivity contribution in [1.82, 2.24) is 24.9 Å². The molecule has 0 fully saturated rings. The van der Waals surface area contributed by atoms with Crippen molar-refractivity contribution in [2.45, 2.75) is 6.54 Å². The van der Waals surface area contributed by atoms with Crippen LogP contribution in [0.25, 0.3) is 17.2 Å². The van der Waals surface area contributed by atoms with Gasteiger partial charge in [-0.1, -0.05) is 23.7 Å².